The third kappa shape index (κ3) is 6.91. The minimum absolute atomic E-state index is 0.00985. The summed E-state index contributed by atoms with van der Waals surface area (Å²) in [5.74, 6) is -5.58. The molecule has 0 aliphatic carbocycles. The summed E-state index contributed by atoms with van der Waals surface area (Å²) in [7, 11) is -4.80. The van der Waals surface area contributed by atoms with Crippen LogP contribution in [0.15, 0.2) is 44.9 Å². The fourth-order valence-corrected chi connectivity index (χ4v) is 5.39. The van der Waals surface area contributed by atoms with Crippen LogP contribution in [0.4, 0.5) is 4.39 Å². The van der Waals surface area contributed by atoms with Crippen LogP contribution >= 0.6 is 0 Å². The summed E-state index contributed by atoms with van der Waals surface area (Å²) in [6, 6.07) is 5.14. The molecular weight excluding hydrogens is 587 g/mol. The molecule has 228 valence electrons. The molecule has 3 rings (SSSR count). The lowest BCUT2D eigenvalue weighted by Gasteiger charge is -2.44. The number of ether oxygens (including phenoxy) is 5. The summed E-state index contributed by atoms with van der Waals surface area (Å²) < 4.78 is 68.0. The van der Waals surface area contributed by atoms with Crippen molar-refractivity contribution < 1.29 is 55.7 Å². The number of carbonyl (C=O) groups is 4. The SMILES string of the molecule is CC(=O)OC[C@H]1O[C@@H](n2c(=O)c(F)cn(S(=O)(=O)c3ccc(C)cc3)c2=O)[C@H](OC(C)=O)[C@@H](OC(C)=O)[C@@H]1OC(C)=O. The maximum atomic E-state index is 15.0. The molecule has 0 unspecified atom stereocenters. The highest BCUT2D eigenvalue weighted by molar-refractivity contribution is 7.90. The van der Waals surface area contributed by atoms with Crippen molar-refractivity contribution in [2.75, 3.05) is 6.61 Å². The minimum atomic E-state index is -4.80. The van der Waals surface area contributed by atoms with Gasteiger partial charge in [0.2, 0.25) is 5.82 Å². The quantitative estimate of drug-likeness (QED) is 0.284. The van der Waals surface area contributed by atoms with Gasteiger partial charge in [-0.1, -0.05) is 17.7 Å². The lowest BCUT2D eigenvalue weighted by molar-refractivity contribution is -0.269. The number of benzene rings is 1. The predicted octanol–water partition coefficient (Wildman–Crippen LogP) is -0.0499. The van der Waals surface area contributed by atoms with Crippen molar-refractivity contribution in [2.45, 2.75) is 70.2 Å². The molecule has 1 saturated heterocycles. The average molecular weight is 615 g/mol. The normalized spacial score (nSPS) is 22.1. The van der Waals surface area contributed by atoms with Gasteiger partial charge < -0.3 is 23.7 Å². The van der Waals surface area contributed by atoms with Gasteiger partial charge >= 0.3 is 29.6 Å². The third-order valence-corrected chi connectivity index (χ3v) is 7.49. The van der Waals surface area contributed by atoms with Gasteiger partial charge in [-0.15, -0.1) is 0 Å². The van der Waals surface area contributed by atoms with E-state index in [0.29, 0.717) is 5.56 Å². The number of hydrogen-bond acceptors (Lipinski definition) is 13. The summed E-state index contributed by atoms with van der Waals surface area (Å²) in [6.07, 6.45) is -9.05. The smallest absolute Gasteiger partial charge is 0.347 e. The first kappa shape index (κ1) is 32.1. The molecule has 1 aliphatic heterocycles. The molecule has 2 aromatic rings. The molecule has 0 amide bonds. The summed E-state index contributed by atoms with van der Waals surface area (Å²) in [5, 5.41) is 0. The molecule has 5 atom stereocenters. The highest BCUT2D eigenvalue weighted by Crippen LogP contribution is 2.33. The number of nitrogens with zero attached hydrogens (tertiary/aromatic N) is 2. The van der Waals surface area contributed by atoms with E-state index in [0.717, 1.165) is 39.8 Å². The van der Waals surface area contributed by atoms with E-state index in [1.165, 1.54) is 12.1 Å². The first-order chi connectivity index (χ1) is 19.5. The number of carbonyl (C=O) groups excluding carboxylic acids is 4. The summed E-state index contributed by atoms with van der Waals surface area (Å²) in [5.41, 5.74) is -2.67. The van der Waals surface area contributed by atoms with Crippen molar-refractivity contribution in [1.82, 2.24) is 8.54 Å². The fourth-order valence-electron chi connectivity index (χ4n) is 4.16. The Morgan fingerprint density at radius 2 is 1.38 bits per heavy atom. The Bertz CT molecular complexity index is 1610. The molecule has 42 heavy (non-hydrogen) atoms. The monoisotopic (exact) mass is 614 g/mol. The van der Waals surface area contributed by atoms with Gasteiger partial charge in [0.25, 0.3) is 15.6 Å². The van der Waals surface area contributed by atoms with Crippen LogP contribution in [0.3, 0.4) is 0 Å². The first-order valence-electron chi connectivity index (χ1n) is 12.2. The van der Waals surface area contributed by atoms with Crippen LogP contribution in [0.5, 0.6) is 0 Å². The number of aromatic nitrogens is 2. The van der Waals surface area contributed by atoms with Gasteiger partial charge in [-0.2, -0.15) is 8.36 Å². The molecule has 0 spiro atoms. The summed E-state index contributed by atoms with van der Waals surface area (Å²) >= 11 is 0. The van der Waals surface area contributed by atoms with Crippen molar-refractivity contribution in [3.05, 3.63) is 62.7 Å². The molecule has 17 heteroatoms. The Morgan fingerprint density at radius 1 is 0.857 bits per heavy atom. The first-order valence-corrected chi connectivity index (χ1v) is 13.6. The molecule has 0 radical (unpaired) electrons. The highest BCUT2D eigenvalue weighted by Gasteiger charge is 2.54. The Labute approximate surface area is 237 Å². The second-order valence-electron chi connectivity index (χ2n) is 9.14. The third-order valence-electron chi connectivity index (χ3n) is 5.85. The van der Waals surface area contributed by atoms with Gasteiger partial charge in [-0.05, 0) is 19.1 Å². The minimum Gasteiger partial charge on any atom is -0.463 e. The van der Waals surface area contributed by atoms with Crippen LogP contribution in [0.1, 0.15) is 39.5 Å². The van der Waals surface area contributed by atoms with Gasteiger partial charge in [0.15, 0.2) is 24.5 Å². The summed E-state index contributed by atoms with van der Waals surface area (Å²) in [4.78, 5) is 73.8. The van der Waals surface area contributed by atoms with E-state index >= 15 is 4.39 Å². The van der Waals surface area contributed by atoms with Crippen LogP contribution in [0.2, 0.25) is 0 Å². The molecule has 0 bridgehead atoms. The molecule has 1 aromatic heterocycles. The zero-order chi connectivity index (χ0) is 31.5. The zero-order valence-electron chi connectivity index (χ0n) is 23.0. The largest absolute Gasteiger partial charge is 0.463 e. The maximum Gasteiger partial charge on any atom is 0.347 e. The Morgan fingerprint density at radius 3 is 1.90 bits per heavy atom. The highest BCUT2D eigenvalue weighted by atomic mass is 32.2. The Kier molecular flexibility index (Phi) is 9.68. The van der Waals surface area contributed by atoms with Gasteiger partial charge in [-0.3, -0.25) is 24.0 Å². The van der Waals surface area contributed by atoms with Crippen molar-refractivity contribution in [1.29, 1.82) is 0 Å². The van der Waals surface area contributed by atoms with Crippen molar-refractivity contribution in [2.24, 2.45) is 0 Å². The number of aryl methyl sites for hydroxylation is 1. The topological polar surface area (TPSA) is 193 Å². The number of esters is 4. The standard InChI is InChI=1S/C25H27FN2O13S/c1-12-6-8-17(9-7-12)42(35,36)27-10-18(26)23(33)28(25(27)34)24-22(40-16(5)32)21(39-15(4)31)20(38-14(3)30)19(41-24)11-37-13(2)29/h6-10,19-22,24H,11H2,1-5H3/t19-,20-,21+,22-,24-/m1/s1. The van der Waals surface area contributed by atoms with Crippen LogP contribution in [0.25, 0.3) is 0 Å². The van der Waals surface area contributed by atoms with Crippen LogP contribution in [-0.2, 0) is 52.9 Å². The second-order valence-corrected chi connectivity index (χ2v) is 11.0. The van der Waals surface area contributed by atoms with E-state index in [1.807, 2.05) is 0 Å². The molecule has 2 heterocycles. The van der Waals surface area contributed by atoms with E-state index in [9.17, 15) is 37.2 Å². The molecule has 15 nitrogen and oxygen atoms in total. The lowest BCUT2D eigenvalue weighted by atomic mass is 9.97. The van der Waals surface area contributed by atoms with E-state index < -0.39 is 93.1 Å². The van der Waals surface area contributed by atoms with E-state index in [2.05, 4.69) is 0 Å². The Balaban J connectivity index is 2.31. The predicted molar refractivity (Wildman–Crippen MR) is 136 cm³/mol. The van der Waals surface area contributed by atoms with Gasteiger partial charge in [0.1, 0.15) is 12.7 Å². The van der Waals surface area contributed by atoms with Crippen LogP contribution in [0, 0.1) is 12.7 Å². The molecule has 1 aromatic carbocycles. The number of hydrogen-bond donors (Lipinski definition) is 0. The maximum absolute atomic E-state index is 15.0. The molecule has 1 fully saturated rings. The average Bonchev–Trinajstić information content (AvgIpc) is 2.87. The van der Waals surface area contributed by atoms with Crippen molar-refractivity contribution >= 4 is 33.9 Å². The van der Waals surface area contributed by atoms with Crippen molar-refractivity contribution in [3.63, 3.8) is 0 Å². The molecule has 0 N–H and O–H groups in total. The van der Waals surface area contributed by atoms with E-state index in [1.54, 1.807) is 6.92 Å². The van der Waals surface area contributed by atoms with Gasteiger partial charge in [0, 0.05) is 27.7 Å². The van der Waals surface area contributed by atoms with Crippen LogP contribution in [-0.4, -0.2) is 71.9 Å². The fraction of sp³-hybridized carbons (Fsp3) is 0.440. The van der Waals surface area contributed by atoms with Gasteiger partial charge in [-0.25, -0.2) is 17.8 Å². The molecule has 0 saturated carbocycles. The summed E-state index contributed by atoms with van der Waals surface area (Å²) in [6.45, 7) is 4.81. The zero-order valence-corrected chi connectivity index (χ0v) is 23.8. The van der Waals surface area contributed by atoms with E-state index in [-0.39, 0.29) is 14.7 Å². The second kappa shape index (κ2) is 12.6. The molecule has 1 aliphatic rings. The lowest BCUT2D eigenvalue weighted by Crippen LogP contribution is -2.63. The molecular formula is C25H27FN2O13S. The number of halogens is 1. The van der Waals surface area contributed by atoms with Crippen LogP contribution < -0.4 is 11.2 Å². The van der Waals surface area contributed by atoms with Crippen molar-refractivity contribution in [3.8, 4) is 0 Å². The Hall–Kier alpha value is -4.38. The van der Waals surface area contributed by atoms with Gasteiger partial charge in [0.05, 0.1) is 11.1 Å². The van der Waals surface area contributed by atoms with E-state index in [4.69, 9.17) is 23.7 Å². The number of rotatable bonds is 8.